The van der Waals surface area contributed by atoms with Gasteiger partial charge in [-0.15, -0.1) is 0 Å². The lowest BCUT2D eigenvalue weighted by Gasteiger charge is -2.29. The van der Waals surface area contributed by atoms with Crippen LogP contribution in [0.1, 0.15) is 19.4 Å². The molecular formula is C20H16N2O5. The van der Waals surface area contributed by atoms with Crippen LogP contribution in [-0.4, -0.2) is 17.7 Å². The standard InChI is InChI=1S/C20H16N2O5/c1-20(2)26-18(23)15(19(24)27-20)12-22-16-5-3-4-6-17(16)25-14-9-7-13(11-21)8-10-14/h3-10,12,22H,1-2H3. The largest absolute Gasteiger partial charge is 0.455 e. The SMILES string of the molecule is CC1(C)OC(=O)C(=CNc2ccccc2Oc2ccc(C#N)cc2)C(=O)O1. The number of nitriles is 1. The highest BCUT2D eigenvalue weighted by Gasteiger charge is 2.38. The topological polar surface area (TPSA) is 97.6 Å². The van der Waals surface area contributed by atoms with Gasteiger partial charge in [-0.25, -0.2) is 9.59 Å². The quantitative estimate of drug-likeness (QED) is 0.504. The van der Waals surface area contributed by atoms with Crippen molar-refractivity contribution in [2.45, 2.75) is 19.6 Å². The molecular weight excluding hydrogens is 348 g/mol. The number of nitrogens with zero attached hydrogens (tertiary/aromatic N) is 1. The fourth-order valence-electron chi connectivity index (χ4n) is 2.33. The molecule has 0 atom stereocenters. The van der Waals surface area contributed by atoms with E-state index in [1.54, 1.807) is 48.5 Å². The maximum Gasteiger partial charge on any atom is 0.350 e. The average Bonchev–Trinajstić information content (AvgIpc) is 2.62. The fraction of sp³-hybridized carbons (Fsp3) is 0.150. The number of carbonyl (C=O) groups excluding carboxylic acids is 2. The zero-order valence-electron chi connectivity index (χ0n) is 14.7. The Labute approximate surface area is 155 Å². The van der Waals surface area contributed by atoms with Gasteiger partial charge in [-0.3, -0.25) is 0 Å². The highest BCUT2D eigenvalue weighted by atomic mass is 16.7. The summed E-state index contributed by atoms with van der Waals surface area (Å²) in [7, 11) is 0. The Morgan fingerprint density at radius 1 is 1.04 bits per heavy atom. The van der Waals surface area contributed by atoms with Crippen molar-refractivity contribution in [1.82, 2.24) is 0 Å². The monoisotopic (exact) mass is 364 g/mol. The molecule has 7 heteroatoms. The van der Waals surface area contributed by atoms with Crippen molar-refractivity contribution in [3.05, 3.63) is 65.9 Å². The summed E-state index contributed by atoms with van der Waals surface area (Å²) in [6, 6.07) is 15.7. The van der Waals surface area contributed by atoms with Crippen LogP contribution in [-0.2, 0) is 19.1 Å². The van der Waals surface area contributed by atoms with Gasteiger partial charge in [0.15, 0.2) is 11.3 Å². The maximum absolute atomic E-state index is 12.0. The third-order valence-corrected chi connectivity index (χ3v) is 3.59. The summed E-state index contributed by atoms with van der Waals surface area (Å²) in [5, 5.41) is 11.7. The number of para-hydroxylation sites is 2. The molecule has 27 heavy (non-hydrogen) atoms. The van der Waals surface area contributed by atoms with Gasteiger partial charge in [0.1, 0.15) is 5.75 Å². The van der Waals surface area contributed by atoms with Gasteiger partial charge in [0.05, 0.1) is 17.3 Å². The zero-order chi connectivity index (χ0) is 19.4. The van der Waals surface area contributed by atoms with Gasteiger partial charge in [-0.1, -0.05) is 12.1 Å². The van der Waals surface area contributed by atoms with E-state index in [1.807, 2.05) is 6.07 Å². The minimum atomic E-state index is -1.29. The third-order valence-electron chi connectivity index (χ3n) is 3.59. The van der Waals surface area contributed by atoms with Gasteiger partial charge in [0, 0.05) is 20.0 Å². The summed E-state index contributed by atoms with van der Waals surface area (Å²) in [4.78, 5) is 24.0. The Morgan fingerprint density at radius 3 is 2.30 bits per heavy atom. The van der Waals surface area contributed by atoms with E-state index in [2.05, 4.69) is 5.32 Å². The number of nitrogens with one attached hydrogen (secondary N) is 1. The number of anilines is 1. The van der Waals surface area contributed by atoms with Gasteiger partial charge in [0.2, 0.25) is 0 Å². The molecule has 1 fully saturated rings. The number of benzene rings is 2. The van der Waals surface area contributed by atoms with E-state index in [9.17, 15) is 9.59 Å². The first-order chi connectivity index (χ1) is 12.9. The summed E-state index contributed by atoms with van der Waals surface area (Å²) in [6.45, 7) is 2.96. The number of ether oxygens (including phenoxy) is 3. The summed E-state index contributed by atoms with van der Waals surface area (Å²) in [6.07, 6.45) is 1.22. The van der Waals surface area contributed by atoms with Crippen LogP contribution < -0.4 is 10.1 Å². The van der Waals surface area contributed by atoms with Crippen LogP contribution in [0.3, 0.4) is 0 Å². The first-order valence-electron chi connectivity index (χ1n) is 8.08. The van der Waals surface area contributed by atoms with E-state index < -0.39 is 17.7 Å². The van der Waals surface area contributed by atoms with Gasteiger partial charge >= 0.3 is 11.9 Å². The maximum atomic E-state index is 12.0. The molecule has 3 rings (SSSR count). The first kappa shape index (κ1) is 18.0. The Hall–Kier alpha value is -3.79. The molecule has 0 radical (unpaired) electrons. The molecule has 1 heterocycles. The van der Waals surface area contributed by atoms with Gasteiger partial charge in [-0.2, -0.15) is 5.26 Å². The Morgan fingerprint density at radius 2 is 1.67 bits per heavy atom. The molecule has 0 spiro atoms. The van der Waals surface area contributed by atoms with Crippen molar-refractivity contribution >= 4 is 17.6 Å². The van der Waals surface area contributed by atoms with Crippen LogP contribution in [0.15, 0.2) is 60.3 Å². The van der Waals surface area contributed by atoms with E-state index >= 15 is 0 Å². The lowest BCUT2D eigenvalue weighted by atomic mass is 10.2. The highest BCUT2D eigenvalue weighted by molar-refractivity contribution is 6.15. The predicted molar refractivity (Wildman–Crippen MR) is 95.6 cm³/mol. The summed E-state index contributed by atoms with van der Waals surface area (Å²) >= 11 is 0. The number of hydrogen-bond acceptors (Lipinski definition) is 7. The van der Waals surface area contributed by atoms with Crippen molar-refractivity contribution in [1.29, 1.82) is 5.26 Å². The Balaban J connectivity index is 1.79. The molecule has 7 nitrogen and oxygen atoms in total. The zero-order valence-corrected chi connectivity index (χ0v) is 14.7. The molecule has 0 aromatic heterocycles. The molecule has 1 N–H and O–H groups in total. The second kappa shape index (κ2) is 7.22. The minimum Gasteiger partial charge on any atom is -0.455 e. The minimum absolute atomic E-state index is 0.248. The molecule has 1 saturated heterocycles. The Bertz CT molecular complexity index is 933. The number of cyclic esters (lactones) is 2. The van der Waals surface area contributed by atoms with E-state index in [0.717, 1.165) is 0 Å². The molecule has 0 saturated carbocycles. The highest BCUT2D eigenvalue weighted by Crippen LogP contribution is 2.30. The van der Waals surface area contributed by atoms with Crippen molar-refractivity contribution in [2.75, 3.05) is 5.32 Å². The lowest BCUT2D eigenvalue weighted by molar-refractivity contribution is -0.222. The molecule has 1 aliphatic rings. The van der Waals surface area contributed by atoms with Crippen LogP contribution in [0.25, 0.3) is 0 Å². The van der Waals surface area contributed by atoms with Crippen LogP contribution >= 0.6 is 0 Å². The van der Waals surface area contributed by atoms with E-state index in [-0.39, 0.29) is 5.57 Å². The smallest absolute Gasteiger partial charge is 0.350 e. The average molecular weight is 364 g/mol. The molecule has 0 amide bonds. The lowest BCUT2D eigenvalue weighted by Crippen LogP contribution is -2.42. The molecule has 0 unspecified atom stereocenters. The van der Waals surface area contributed by atoms with Gasteiger partial charge in [0.25, 0.3) is 5.79 Å². The second-order valence-electron chi connectivity index (χ2n) is 6.12. The molecule has 0 bridgehead atoms. The number of rotatable bonds is 4. The molecule has 2 aromatic carbocycles. The fourth-order valence-corrected chi connectivity index (χ4v) is 2.33. The van der Waals surface area contributed by atoms with Crippen LogP contribution in [0, 0.1) is 11.3 Å². The van der Waals surface area contributed by atoms with Crippen LogP contribution in [0.2, 0.25) is 0 Å². The summed E-state index contributed by atoms with van der Waals surface area (Å²) < 4.78 is 15.9. The van der Waals surface area contributed by atoms with Crippen LogP contribution in [0.4, 0.5) is 5.69 Å². The number of carbonyl (C=O) groups is 2. The van der Waals surface area contributed by atoms with Crippen molar-refractivity contribution in [3.8, 4) is 17.6 Å². The van der Waals surface area contributed by atoms with Crippen molar-refractivity contribution < 1.29 is 23.8 Å². The molecule has 1 aliphatic heterocycles. The molecule has 2 aromatic rings. The van der Waals surface area contributed by atoms with Crippen LogP contribution in [0.5, 0.6) is 11.5 Å². The van der Waals surface area contributed by atoms with E-state index in [0.29, 0.717) is 22.7 Å². The molecule has 136 valence electrons. The van der Waals surface area contributed by atoms with Crippen molar-refractivity contribution in [3.63, 3.8) is 0 Å². The number of esters is 2. The summed E-state index contributed by atoms with van der Waals surface area (Å²) in [5.41, 5.74) is 0.804. The number of hydrogen-bond donors (Lipinski definition) is 1. The third kappa shape index (κ3) is 4.25. The van der Waals surface area contributed by atoms with Crippen molar-refractivity contribution in [2.24, 2.45) is 0 Å². The summed E-state index contributed by atoms with van der Waals surface area (Å²) in [5.74, 6) is -1.82. The van der Waals surface area contributed by atoms with Gasteiger partial charge in [-0.05, 0) is 36.4 Å². The normalized spacial score (nSPS) is 15.2. The molecule has 0 aliphatic carbocycles. The van der Waals surface area contributed by atoms with Gasteiger partial charge < -0.3 is 19.5 Å². The first-order valence-corrected chi connectivity index (χ1v) is 8.08. The van der Waals surface area contributed by atoms with E-state index in [1.165, 1.54) is 20.0 Å². The second-order valence-corrected chi connectivity index (χ2v) is 6.12. The van der Waals surface area contributed by atoms with E-state index in [4.69, 9.17) is 19.5 Å². The Kier molecular flexibility index (Phi) is 4.81. The predicted octanol–water partition coefficient (Wildman–Crippen LogP) is 3.48.